The summed E-state index contributed by atoms with van der Waals surface area (Å²) in [6, 6.07) is 9.93. The van der Waals surface area contributed by atoms with Gasteiger partial charge in [-0.05, 0) is 36.2 Å². The second-order valence-corrected chi connectivity index (χ2v) is 6.30. The molecule has 0 amide bonds. The number of thiophene rings is 1. The van der Waals surface area contributed by atoms with E-state index in [0.29, 0.717) is 25.1 Å². The molecule has 4 rings (SSSR count). The highest BCUT2D eigenvalue weighted by molar-refractivity contribution is 7.13. The van der Waals surface area contributed by atoms with E-state index in [-0.39, 0.29) is 0 Å². The molecule has 2 aromatic heterocycles. The lowest BCUT2D eigenvalue weighted by Gasteiger charge is -2.14. The van der Waals surface area contributed by atoms with Crippen LogP contribution in [0.2, 0.25) is 0 Å². The van der Waals surface area contributed by atoms with Gasteiger partial charge < -0.3 is 14.0 Å². The predicted octanol–water partition coefficient (Wildman–Crippen LogP) is 3.16. The van der Waals surface area contributed by atoms with Gasteiger partial charge in [0.05, 0.1) is 11.4 Å². The highest BCUT2D eigenvalue weighted by Gasteiger charge is 2.15. The summed E-state index contributed by atoms with van der Waals surface area (Å²) in [5.74, 6) is 2.85. The second-order valence-electron chi connectivity index (χ2n) is 5.35. The summed E-state index contributed by atoms with van der Waals surface area (Å²) in [5, 5.41) is 6.02. The van der Waals surface area contributed by atoms with Crippen LogP contribution in [0.25, 0.3) is 10.7 Å². The van der Waals surface area contributed by atoms with Crippen LogP contribution in [0.3, 0.4) is 0 Å². The van der Waals surface area contributed by atoms with Gasteiger partial charge in [-0.2, -0.15) is 4.98 Å². The van der Waals surface area contributed by atoms with E-state index in [1.165, 1.54) is 0 Å². The monoisotopic (exact) mass is 329 g/mol. The molecule has 6 nitrogen and oxygen atoms in total. The van der Waals surface area contributed by atoms with Gasteiger partial charge in [-0.25, -0.2) is 0 Å². The molecule has 0 radical (unpaired) electrons. The van der Waals surface area contributed by atoms with E-state index in [1.54, 1.807) is 11.3 Å². The van der Waals surface area contributed by atoms with Crippen LogP contribution in [0.5, 0.6) is 11.5 Å². The highest BCUT2D eigenvalue weighted by Crippen LogP contribution is 2.32. The number of nitrogens with zero attached hydrogens (tertiary/aromatic N) is 3. The van der Waals surface area contributed by atoms with Gasteiger partial charge in [0.15, 0.2) is 11.5 Å². The quantitative estimate of drug-likeness (QED) is 0.716. The zero-order chi connectivity index (χ0) is 15.6. The van der Waals surface area contributed by atoms with Gasteiger partial charge >= 0.3 is 0 Å². The van der Waals surface area contributed by atoms with E-state index in [2.05, 4.69) is 15.0 Å². The Kier molecular flexibility index (Phi) is 3.72. The minimum atomic E-state index is 0.294. The van der Waals surface area contributed by atoms with Gasteiger partial charge in [0, 0.05) is 6.54 Å². The Morgan fingerprint density at radius 3 is 2.96 bits per heavy atom. The number of aromatic nitrogens is 2. The van der Waals surface area contributed by atoms with Crippen molar-refractivity contribution in [3.8, 4) is 22.2 Å². The van der Waals surface area contributed by atoms with Crippen LogP contribution in [0, 0.1) is 0 Å². The lowest BCUT2D eigenvalue weighted by molar-refractivity contribution is 0.174. The molecule has 0 N–H and O–H groups in total. The number of benzene rings is 1. The largest absolute Gasteiger partial charge is 0.454 e. The fourth-order valence-corrected chi connectivity index (χ4v) is 3.11. The van der Waals surface area contributed by atoms with Gasteiger partial charge in [0.2, 0.25) is 18.5 Å². The predicted molar refractivity (Wildman–Crippen MR) is 85.3 cm³/mol. The Balaban J connectivity index is 1.41. The number of hydrogen-bond acceptors (Lipinski definition) is 7. The summed E-state index contributed by atoms with van der Waals surface area (Å²) in [4.78, 5) is 7.57. The maximum Gasteiger partial charge on any atom is 0.241 e. The molecular weight excluding hydrogens is 314 g/mol. The van der Waals surface area contributed by atoms with Gasteiger partial charge in [0.1, 0.15) is 0 Å². The minimum absolute atomic E-state index is 0.294. The Hall–Kier alpha value is -2.38. The first kappa shape index (κ1) is 14.2. The molecule has 0 saturated carbocycles. The maximum absolute atomic E-state index is 5.40. The minimum Gasteiger partial charge on any atom is -0.454 e. The first-order valence-corrected chi connectivity index (χ1v) is 8.09. The SMILES string of the molecule is CN(Cc1ccc2c(c1)OCO2)Cc1nc(-c2cccs2)no1. The zero-order valence-corrected chi connectivity index (χ0v) is 13.4. The number of fused-ring (bicyclic) bond motifs is 1. The van der Waals surface area contributed by atoms with E-state index in [4.69, 9.17) is 14.0 Å². The van der Waals surface area contributed by atoms with Crippen LogP contribution in [0.15, 0.2) is 40.2 Å². The molecule has 1 aliphatic heterocycles. The van der Waals surface area contributed by atoms with Crippen LogP contribution in [-0.4, -0.2) is 28.9 Å². The van der Waals surface area contributed by atoms with E-state index >= 15 is 0 Å². The lowest BCUT2D eigenvalue weighted by Crippen LogP contribution is -2.17. The van der Waals surface area contributed by atoms with Crippen LogP contribution in [-0.2, 0) is 13.1 Å². The molecule has 3 aromatic rings. The van der Waals surface area contributed by atoms with E-state index in [1.807, 2.05) is 42.8 Å². The first-order chi connectivity index (χ1) is 11.3. The molecule has 1 aromatic carbocycles. The third-order valence-corrected chi connectivity index (χ3v) is 4.37. The number of rotatable bonds is 5. The highest BCUT2D eigenvalue weighted by atomic mass is 32.1. The van der Waals surface area contributed by atoms with Gasteiger partial charge in [-0.3, -0.25) is 4.90 Å². The summed E-state index contributed by atoms with van der Waals surface area (Å²) in [7, 11) is 2.01. The smallest absolute Gasteiger partial charge is 0.241 e. The molecule has 0 fully saturated rings. The molecule has 3 heterocycles. The first-order valence-electron chi connectivity index (χ1n) is 7.21. The van der Waals surface area contributed by atoms with Crippen molar-refractivity contribution in [2.45, 2.75) is 13.1 Å². The lowest BCUT2D eigenvalue weighted by atomic mass is 10.2. The van der Waals surface area contributed by atoms with Gasteiger partial charge in [0.25, 0.3) is 0 Å². The molecule has 1 aliphatic rings. The second kappa shape index (κ2) is 6.02. The third-order valence-electron chi connectivity index (χ3n) is 3.50. The average molecular weight is 329 g/mol. The maximum atomic E-state index is 5.40. The molecular formula is C16H15N3O3S. The summed E-state index contributed by atoms with van der Waals surface area (Å²) in [6.07, 6.45) is 0. The summed E-state index contributed by atoms with van der Waals surface area (Å²) in [6.45, 7) is 1.64. The van der Waals surface area contributed by atoms with Crippen molar-refractivity contribution in [1.29, 1.82) is 0 Å². The van der Waals surface area contributed by atoms with Gasteiger partial charge in [-0.15, -0.1) is 11.3 Å². The van der Waals surface area contributed by atoms with Crippen LogP contribution in [0.1, 0.15) is 11.5 Å². The van der Waals surface area contributed by atoms with Crippen molar-refractivity contribution in [2.75, 3.05) is 13.8 Å². The van der Waals surface area contributed by atoms with Crippen molar-refractivity contribution < 1.29 is 14.0 Å². The van der Waals surface area contributed by atoms with E-state index < -0.39 is 0 Å². The molecule has 0 atom stereocenters. The molecule has 118 valence electrons. The average Bonchev–Trinajstić information content (AvgIpc) is 3.27. The number of hydrogen-bond donors (Lipinski definition) is 0. The Morgan fingerprint density at radius 2 is 2.09 bits per heavy atom. The molecule has 23 heavy (non-hydrogen) atoms. The van der Waals surface area contributed by atoms with E-state index in [0.717, 1.165) is 28.5 Å². The zero-order valence-electron chi connectivity index (χ0n) is 12.6. The molecule has 0 unspecified atom stereocenters. The third kappa shape index (κ3) is 3.06. The van der Waals surface area contributed by atoms with Crippen molar-refractivity contribution in [2.24, 2.45) is 0 Å². The fourth-order valence-electron chi connectivity index (χ4n) is 2.46. The molecule has 7 heteroatoms. The molecule has 0 saturated heterocycles. The molecule has 0 spiro atoms. The van der Waals surface area contributed by atoms with Crippen LogP contribution >= 0.6 is 11.3 Å². The van der Waals surface area contributed by atoms with Crippen LogP contribution < -0.4 is 9.47 Å². The standard InChI is InChI=1S/C16H15N3O3S/c1-19(8-11-4-5-12-13(7-11)21-10-20-12)9-15-17-16(18-22-15)14-3-2-6-23-14/h2-7H,8-10H2,1H3. The Bertz CT molecular complexity index is 801. The molecule has 0 bridgehead atoms. The van der Waals surface area contributed by atoms with Gasteiger partial charge in [-0.1, -0.05) is 17.3 Å². The Morgan fingerprint density at radius 1 is 1.17 bits per heavy atom. The summed E-state index contributed by atoms with van der Waals surface area (Å²) >= 11 is 1.60. The number of ether oxygens (including phenoxy) is 2. The summed E-state index contributed by atoms with van der Waals surface area (Å²) in [5.41, 5.74) is 1.15. The Labute approximate surface area is 137 Å². The topological polar surface area (TPSA) is 60.6 Å². The van der Waals surface area contributed by atoms with E-state index in [9.17, 15) is 0 Å². The van der Waals surface area contributed by atoms with Crippen LogP contribution in [0.4, 0.5) is 0 Å². The van der Waals surface area contributed by atoms with Crippen molar-refractivity contribution in [3.63, 3.8) is 0 Å². The molecule has 0 aliphatic carbocycles. The van der Waals surface area contributed by atoms with Crippen molar-refractivity contribution in [1.82, 2.24) is 15.0 Å². The fraction of sp³-hybridized carbons (Fsp3) is 0.250. The van der Waals surface area contributed by atoms with Crippen molar-refractivity contribution >= 4 is 11.3 Å². The van der Waals surface area contributed by atoms with Crippen molar-refractivity contribution in [3.05, 3.63) is 47.2 Å². The summed E-state index contributed by atoms with van der Waals surface area (Å²) < 4.78 is 16.1. The normalized spacial score (nSPS) is 13.0.